The van der Waals surface area contributed by atoms with Crippen LogP contribution in [-0.2, 0) is 26.0 Å². The Kier molecular flexibility index (Phi) is 9.14. The molecule has 34 heavy (non-hydrogen) atoms. The summed E-state index contributed by atoms with van der Waals surface area (Å²) < 4.78 is 26.4. The first kappa shape index (κ1) is 27.7. The normalized spacial score (nSPS) is 12.7. The van der Waals surface area contributed by atoms with E-state index < -0.39 is 34.1 Å². The number of carbonyl (C=O) groups is 2. The van der Waals surface area contributed by atoms with Crippen LogP contribution in [0.2, 0.25) is 5.02 Å². The largest absolute Gasteiger partial charge is 0.350 e. The van der Waals surface area contributed by atoms with Gasteiger partial charge >= 0.3 is 0 Å². The zero-order chi connectivity index (χ0) is 25.7. The van der Waals surface area contributed by atoms with E-state index in [-0.39, 0.29) is 12.5 Å². The molecule has 186 valence electrons. The molecule has 0 bridgehead atoms. The van der Waals surface area contributed by atoms with Crippen molar-refractivity contribution in [3.8, 4) is 0 Å². The Bertz CT molecular complexity index is 1110. The van der Waals surface area contributed by atoms with Gasteiger partial charge in [-0.3, -0.25) is 13.9 Å². The van der Waals surface area contributed by atoms with Crippen molar-refractivity contribution in [3.05, 3.63) is 64.7 Å². The van der Waals surface area contributed by atoms with Crippen molar-refractivity contribution in [2.45, 2.75) is 52.6 Å². The second-order valence-corrected chi connectivity index (χ2v) is 11.8. The molecular weight excluding hydrogens is 474 g/mol. The number of carbonyl (C=O) groups excluding carboxylic acids is 2. The fourth-order valence-electron chi connectivity index (χ4n) is 3.49. The number of benzene rings is 2. The van der Waals surface area contributed by atoms with E-state index in [9.17, 15) is 18.0 Å². The Hall–Kier alpha value is -2.58. The van der Waals surface area contributed by atoms with Gasteiger partial charge in [-0.05, 0) is 64.3 Å². The first-order valence-electron chi connectivity index (χ1n) is 11.1. The summed E-state index contributed by atoms with van der Waals surface area (Å²) in [5, 5.41) is 3.26. The number of halogens is 1. The summed E-state index contributed by atoms with van der Waals surface area (Å²) in [6, 6.07) is 13.7. The lowest BCUT2D eigenvalue weighted by Crippen LogP contribution is -2.55. The van der Waals surface area contributed by atoms with E-state index in [4.69, 9.17) is 11.6 Å². The van der Waals surface area contributed by atoms with Gasteiger partial charge in [0, 0.05) is 17.1 Å². The zero-order valence-electron chi connectivity index (χ0n) is 20.6. The number of sulfonamides is 1. The number of amides is 2. The fraction of sp³-hybridized carbons (Fsp3) is 0.440. The summed E-state index contributed by atoms with van der Waals surface area (Å²) >= 11 is 6.11. The monoisotopic (exact) mass is 507 g/mol. The first-order valence-corrected chi connectivity index (χ1v) is 13.3. The second kappa shape index (κ2) is 11.2. The SMILES string of the molecule is Cc1ccc(Cl)cc1N(CC(=O)N(CCc1ccccc1)[C@@H](C)C(=O)NC(C)(C)C)S(C)(=O)=O. The molecule has 0 aliphatic carbocycles. The molecule has 0 aliphatic heterocycles. The fourth-order valence-corrected chi connectivity index (χ4v) is 4.56. The maximum absolute atomic E-state index is 13.5. The number of rotatable bonds is 9. The van der Waals surface area contributed by atoms with E-state index in [0.717, 1.165) is 16.1 Å². The lowest BCUT2D eigenvalue weighted by molar-refractivity contribution is -0.139. The molecule has 0 aliphatic rings. The molecule has 0 fully saturated rings. The molecule has 1 atom stereocenters. The van der Waals surface area contributed by atoms with Crippen molar-refractivity contribution >= 4 is 39.1 Å². The maximum atomic E-state index is 13.5. The molecular formula is C25H34ClN3O4S. The van der Waals surface area contributed by atoms with Crippen molar-refractivity contribution in [2.75, 3.05) is 23.7 Å². The van der Waals surface area contributed by atoms with E-state index >= 15 is 0 Å². The van der Waals surface area contributed by atoms with Gasteiger partial charge in [0.2, 0.25) is 21.8 Å². The molecule has 0 saturated heterocycles. The first-order chi connectivity index (χ1) is 15.7. The summed E-state index contributed by atoms with van der Waals surface area (Å²) in [7, 11) is -3.80. The lowest BCUT2D eigenvalue weighted by atomic mass is 10.1. The smallest absolute Gasteiger partial charge is 0.244 e. The average Bonchev–Trinajstić information content (AvgIpc) is 2.72. The third kappa shape index (κ3) is 8.02. The van der Waals surface area contributed by atoms with Crippen LogP contribution < -0.4 is 9.62 Å². The van der Waals surface area contributed by atoms with Gasteiger partial charge in [-0.25, -0.2) is 8.42 Å². The molecule has 0 heterocycles. The molecule has 0 spiro atoms. The van der Waals surface area contributed by atoms with E-state index in [1.807, 2.05) is 51.1 Å². The van der Waals surface area contributed by atoms with E-state index in [0.29, 0.717) is 22.7 Å². The third-order valence-corrected chi connectivity index (χ3v) is 6.63. The number of hydrogen-bond donors (Lipinski definition) is 1. The molecule has 2 amide bonds. The van der Waals surface area contributed by atoms with Crippen LogP contribution in [0.25, 0.3) is 0 Å². The van der Waals surface area contributed by atoms with Crippen molar-refractivity contribution < 1.29 is 18.0 Å². The Morgan fingerprint density at radius 1 is 1.09 bits per heavy atom. The molecule has 2 aromatic carbocycles. The minimum Gasteiger partial charge on any atom is -0.350 e. The van der Waals surface area contributed by atoms with Crippen LogP contribution in [0.4, 0.5) is 5.69 Å². The van der Waals surface area contributed by atoms with Gasteiger partial charge in [0.05, 0.1) is 11.9 Å². The molecule has 0 aromatic heterocycles. The Morgan fingerprint density at radius 2 is 1.71 bits per heavy atom. The molecule has 0 unspecified atom stereocenters. The van der Waals surface area contributed by atoms with Crippen LogP contribution in [0, 0.1) is 6.92 Å². The van der Waals surface area contributed by atoms with Crippen molar-refractivity contribution in [1.29, 1.82) is 0 Å². The molecule has 7 nitrogen and oxygen atoms in total. The number of anilines is 1. The zero-order valence-corrected chi connectivity index (χ0v) is 22.2. The van der Waals surface area contributed by atoms with Crippen molar-refractivity contribution in [1.82, 2.24) is 10.2 Å². The highest BCUT2D eigenvalue weighted by molar-refractivity contribution is 7.92. The van der Waals surface area contributed by atoms with Crippen LogP contribution in [0.5, 0.6) is 0 Å². The topological polar surface area (TPSA) is 86.8 Å². The predicted molar refractivity (Wildman–Crippen MR) is 138 cm³/mol. The summed E-state index contributed by atoms with van der Waals surface area (Å²) in [6.45, 7) is 8.80. The number of nitrogens with one attached hydrogen (secondary N) is 1. The minimum atomic E-state index is -3.80. The van der Waals surface area contributed by atoms with Gasteiger partial charge < -0.3 is 10.2 Å². The van der Waals surface area contributed by atoms with Gasteiger partial charge in [-0.2, -0.15) is 0 Å². The molecule has 9 heteroatoms. The highest BCUT2D eigenvalue weighted by atomic mass is 35.5. The van der Waals surface area contributed by atoms with Crippen LogP contribution >= 0.6 is 11.6 Å². The summed E-state index contributed by atoms with van der Waals surface area (Å²) in [5.41, 5.74) is 1.53. The lowest BCUT2D eigenvalue weighted by Gasteiger charge is -2.33. The Balaban J connectivity index is 2.37. The summed E-state index contributed by atoms with van der Waals surface area (Å²) in [4.78, 5) is 27.9. The molecule has 2 rings (SSSR count). The maximum Gasteiger partial charge on any atom is 0.244 e. The third-order valence-electron chi connectivity index (χ3n) is 5.27. The predicted octanol–water partition coefficient (Wildman–Crippen LogP) is 3.79. The van der Waals surface area contributed by atoms with Gasteiger partial charge in [-0.1, -0.05) is 48.0 Å². The van der Waals surface area contributed by atoms with E-state index in [2.05, 4.69) is 5.32 Å². The quantitative estimate of drug-likeness (QED) is 0.559. The van der Waals surface area contributed by atoms with Crippen molar-refractivity contribution in [3.63, 3.8) is 0 Å². The number of hydrogen-bond acceptors (Lipinski definition) is 4. The summed E-state index contributed by atoms with van der Waals surface area (Å²) in [6.07, 6.45) is 1.57. The van der Waals surface area contributed by atoms with Crippen molar-refractivity contribution in [2.24, 2.45) is 0 Å². The standard InChI is InChI=1S/C25H34ClN3O4S/c1-18-12-13-21(26)16-22(18)29(34(6,32)33)17-23(30)28(15-14-20-10-8-7-9-11-20)19(2)24(31)27-25(3,4)5/h7-13,16,19H,14-15,17H2,1-6H3,(H,27,31)/t19-/m0/s1. The van der Waals surface area contributed by atoms with Crippen LogP contribution in [0.1, 0.15) is 38.8 Å². The van der Waals surface area contributed by atoms with Gasteiger partial charge in [0.25, 0.3) is 0 Å². The average molecular weight is 508 g/mol. The number of aryl methyl sites for hydroxylation is 1. The van der Waals surface area contributed by atoms with Gasteiger partial charge in [0.15, 0.2) is 0 Å². The van der Waals surface area contributed by atoms with Gasteiger partial charge in [0.1, 0.15) is 12.6 Å². The molecule has 1 N–H and O–H groups in total. The Labute approximate surface area is 208 Å². The second-order valence-electron chi connectivity index (χ2n) is 9.44. The molecule has 2 aromatic rings. The molecule has 0 radical (unpaired) electrons. The summed E-state index contributed by atoms with van der Waals surface area (Å²) in [5.74, 6) is -0.781. The van der Waals surface area contributed by atoms with E-state index in [1.165, 1.54) is 11.0 Å². The van der Waals surface area contributed by atoms with Crippen LogP contribution in [0.3, 0.4) is 0 Å². The van der Waals surface area contributed by atoms with Crippen LogP contribution in [0.15, 0.2) is 48.5 Å². The Morgan fingerprint density at radius 3 is 2.26 bits per heavy atom. The number of nitrogens with zero attached hydrogens (tertiary/aromatic N) is 2. The highest BCUT2D eigenvalue weighted by Gasteiger charge is 2.31. The van der Waals surface area contributed by atoms with E-state index in [1.54, 1.807) is 26.0 Å². The highest BCUT2D eigenvalue weighted by Crippen LogP contribution is 2.26. The minimum absolute atomic E-state index is 0.258. The van der Waals surface area contributed by atoms with Gasteiger partial charge in [-0.15, -0.1) is 0 Å². The molecule has 0 saturated carbocycles. The van der Waals surface area contributed by atoms with Crippen LogP contribution in [-0.4, -0.2) is 56.1 Å².